The van der Waals surface area contributed by atoms with Crippen LogP contribution in [-0.4, -0.2) is 16.8 Å². The fourth-order valence-corrected chi connectivity index (χ4v) is 1.84. The number of aryl methyl sites for hydroxylation is 1. The molecule has 0 aliphatic heterocycles. The number of nitrogens with zero attached hydrogens (tertiary/aromatic N) is 2. The van der Waals surface area contributed by atoms with Crippen molar-refractivity contribution in [2.75, 3.05) is 6.61 Å². The first-order valence-corrected chi connectivity index (χ1v) is 5.73. The summed E-state index contributed by atoms with van der Waals surface area (Å²) in [5, 5.41) is 7.73. The third-order valence-corrected chi connectivity index (χ3v) is 2.59. The molecule has 0 spiro atoms. The molecular weight excluding hydrogens is 272 g/mol. The van der Waals surface area contributed by atoms with Gasteiger partial charge in [-0.15, -0.1) is 5.10 Å². The summed E-state index contributed by atoms with van der Waals surface area (Å²) in [7, 11) is 0. The average Bonchev–Trinajstić information content (AvgIpc) is 2.67. The Kier molecular flexibility index (Phi) is 3.24. The quantitative estimate of drug-likeness (QED) is 0.867. The second kappa shape index (κ2) is 4.65. The maximum atomic E-state index is 5.37. The van der Waals surface area contributed by atoms with Gasteiger partial charge in [0.15, 0.2) is 0 Å². The lowest BCUT2D eigenvalue weighted by Crippen LogP contribution is -1.90. The van der Waals surface area contributed by atoms with Crippen molar-refractivity contribution in [2.45, 2.75) is 13.8 Å². The Balaban J connectivity index is 2.35. The molecule has 0 fully saturated rings. The molecule has 1 aromatic heterocycles. The van der Waals surface area contributed by atoms with Crippen LogP contribution >= 0.6 is 15.9 Å². The molecule has 2 aromatic rings. The highest BCUT2D eigenvalue weighted by atomic mass is 79.9. The molecular formula is C11H11BrN2O2. The maximum Gasteiger partial charge on any atom is 0.414 e. The highest BCUT2D eigenvalue weighted by Crippen LogP contribution is 2.26. The molecule has 0 aliphatic rings. The van der Waals surface area contributed by atoms with Crippen LogP contribution < -0.4 is 4.74 Å². The first-order valence-electron chi connectivity index (χ1n) is 4.93. The van der Waals surface area contributed by atoms with Gasteiger partial charge in [0.05, 0.1) is 6.61 Å². The van der Waals surface area contributed by atoms with Crippen LogP contribution in [0.4, 0.5) is 0 Å². The first-order chi connectivity index (χ1) is 7.70. The standard InChI is InChI=1S/C11H11BrN2O2/c1-3-15-11-14-13-10(16-11)9-5-4-8(12)6-7(9)2/h4-6H,3H2,1-2H3. The Labute approximate surface area is 102 Å². The third-order valence-electron chi connectivity index (χ3n) is 2.09. The smallest absolute Gasteiger partial charge is 0.414 e. The Morgan fingerprint density at radius 1 is 1.38 bits per heavy atom. The van der Waals surface area contributed by atoms with E-state index in [9.17, 15) is 0 Å². The van der Waals surface area contributed by atoms with E-state index in [-0.39, 0.29) is 6.08 Å². The predicted octanol–water partition coefficient (Wildman–Crippen LogP) is 3.21. The molecule has 4 nitrogen and oxygen atoms in total. The zero-order chi connectivity index (χ0) is 11.5. The van der Waals surface area contributed by atoms with Crippen LogP contribution in [0.3, 0.4) is 0 Å². The van der Waals surface area contributed by atoms with E-state index >= 15 is 0 Å². The van der Waals surface area contributed by atoms with Gasteiger partial charge in [-0.3, -0.25) is 0 Å². The van der Waals surface area contributed by atoms with E-state index in [1.165, 1.54) is 0 Å². The number of benzene rings is 1. The predicted molar refractivity (Wildman–Crippen MR) is 63.3 cm³/mol. The topological polar surface area (TPSA) is 48.2 Å². The molecule has 16 heavy (non-hydrogen) atoms. The monoisotopic (exact) mass is 282 g/mol. The van der Waals surface area contributed by atoms with Crippen LogP contribution in [0.2, 0.25) is 0 Å². The highest BCUT2D eigenvalue weighted by molar-refractivity contribution is 9.10. The highest BCUT2D eigenvalue weighted by Gasteiger charge is 2.11. The van der Waals surface area contributed by atoms with Crippen LogP contribution in [0.5, 0.6) is 6.08 Å². The summed E-state index contributed by atoms with van der Waals surface area (Å²) in [6.07, 6.45) is 0.208. The second-order valence-corrected chi connectivity index (χ2v) is 4.18. The minimum Gasteiger partial charge on any atom is -0.449 e. The van der Waals surface area contributed by atoms with E-state index in [1.54, 1.807) is 0 Å². The van der Waals surface area contributed by atoms with E-state index in [4.69, 9.17) is 9.15 Å². The summed E-state index contributed by atoms with van der Waals surface area (Å²) in [4.78, 5) is 0. The van der Waals surface area contributed by atoms with Gasteiger partial charge in [-0.05, 0) is 37.6 Å². The number of aromatic nitrogens is 2. The van der Waals surface area contributed by atoms with Crippen molar-refractivity contribution in [3.8, 4) is 17.5 Å². The summed E-state index contributed by atoms with van der Waals surface area (Å²) >= 11 is 3.41. The number of ether oxygens (including phenoxy) is 1. The van der Waals surface area contributed by atoms with Gasteiger partial charge in [-0.25, -0.2) is 0 Å². The number of hydrogen-bond donors (Lipinski definition) is 0. The summed E-state index contributed by atoms with van der Waals surface area (Å²) in [6, 6.07) is 5.87. The third kappa shape index (κ3) is 2.24. The molecule has 1 aromatic carbocycles. The molecule has 0 saturated heterocycles. The van der Waals surface area contributed by atoms with Crippen molar-refractivity contribution >= 4 is 15.9 Å². The number of hydrogen-bond acceptors (Lipinski definition) is 4. The fourth-order valence-electron chi connectivity index (χ4n) is 1.37. The summed E-state index contributed by atoms with van der Waals surface area (Å²) in [5.41, 5.74) is 1.99. The Morgan fingerprint density at radius 2 is 2.19 bits per heavy atom. The Hall–Kier alpha value is -1.36. The van der Waals surface area contributed by atoms with Crippen molar-refractivity contribution in [3.63, 3.8) is 0 Å². The molecule has 0 unspecified atom stereocenters. The van der Waals surface area contributed by atoms with Crippen LogP contribution in [-0.2, 0) is 0 Å². The van der Waals surface area contributed by atoms with Gasteiger partial charge in [0.2, 0.25) is 0 Å². The largest absolute Gasteiger partial charge is 0.449 e. The van der Waals surface area contributed by atoms with Crippen LogP contribution in [0.1, 0.15) is 12.5 Å². The maximum absolute atomic E-state index is 5.37. The van der Waals surface area contributed by atoms with Crippen LogP contribution in [0, 0.1) is 6.92 Å². The summed E-state index contributed by atoms with van der Waals surface area (Å²) < 4.78 is 11.5. The van der Waals surface area contributed by atoms with Gasteiger partial charge >= 0.3 is 6.08 Å². The molecule has 84 valence electrons. The van der Waals surface area contributed by atoms with Crippen LogP contribution in [0.15, 0.2) is 27.1 Å². The van der Waals surface area contributed by atoms with Gasteiger partial charge in [0.1, 0.15) is 0 Å². The van der Waals surface area contributed by atoms with Crippen molar-refractivity contribution in [1.29, 1.82) is 0 Å². The summed E-state index contributed by atoms with van der Waals surface area (Å²) in [6.45, 7) is 4.38. The minimum atomic E-state index is 0.208. The minimum absolute atomic E-state index is 0.208. The van der Waals surface area contributed by atoms with Gasteiger partial charge in [0, 0.05) is 10.0 Å². The van der Waals surface area contributed by atoms with Gasteiger partial charge in [-0.2, -0.15) is 0 Å². The summed E-state index contributed by atoms with van der Waals surface area (Å²) in [5.74, 6) is 0.480. The molecule has 0 bridgehead atoms. The van der Waals surface area contributed by atoms with E-state index in [1.807, 2.05) is 32.0 Å². The SMILES string of the molecule is CCOc1nnc(-c2ccc(Br)cc2C)o1. The normalized spacial score (nSPS) is 10.4. The molecule has 0 amide bonds. The second-order valence-electron chi connectivity index (χ2n) is 3.27. The van der Waals surface area contributed by atoms with Crippen molar-refractivity contribution < 1.29 is 9.15 Å². The molecule has 0 N–H and O–H groups in total. The molecule has 0 aliphatic carbocycles. The van der Waals surface area contributed by atoms with E-state index in [0.29, 0.717) is 12.5 Å². The number of halogens is 1. The zero-order valence-corrected chi connectivity index (χ0v) is 10.6. The van der Waals surface area contributed by atoms with Crippen molar-refractivity contribution in [1.82, 2.24) is 10.2 Å². The molecule has 0 saturated carbocycles. The van der Waals surface area contributed by atoms with Gasteiger partial charge in [-0.1, -0.05) is 21.0 Å². The van der Waals surface area contributed by atoms with E-state index < -0.39 is 0 Å². The van der Waals surface area contributed by atoms with E-state index in [2.05, 4.69) is 26.1 Å². The van der Waals surface area contributed by atoms with Gasteiger partial charge in [0.25, 0.3) is 5.89 Å². The molecule has 0 radical (unpaired) electrons. The fraction of sp³-hybridized carbons (Fsp3) is 0.273. The van der Waals surface area contributed by atoms with Crippen molar-refractivity contribution in [3.05, 3.63) is 28.2 Å². The average molecular weight is 283 g/mol. The Bertz CT molecular complexity index is 496. The zero-order valence-electron chi connectivity index (χ0n) is 9.03. The Morgan fingerprint density at radius 3 is 2.88 bits per heavy atom. The lowest BCUT2D eigenvalue weighted by Gasteiger charge is -2.00. The number of rotatable bonds is 3. The molecule has 1 heterocycles. The lowest BCUT2D eigenvalue weighted by molar-refractivity contribution is 0.247. The molecule has 5 heteroatoms. The molecule has 2 rings (SSSR count). The molecule has 0 atom stereocenters. The van der Waals surface area contributed by atoms with Gasteiger partial charge < -0.3 is 9.15 Å². The lowest BCUT2D eigenvalue weighted by atomic mass is 10.1. The first kappa shape index (κ1) is 11.1. The van der Waals surface area contributed by atoms with Crippen molar-refractivity contribution in [2.24, 2.45) is 0 Å². The van der Waals surface area contributed by atoms with E-state index in [0.717, 1.165) is 15.6 Å². The van der Waals surface area contributed by atoms with Crippen LogP contribution in [0.25, 0.3) is 11.5 Å².